The van der Waals surface area contributed by atoms with Crippen molar-refractivity contribution in [2.75, 3.05) is 10.6 Å². The first-order chi connectivity index (χ1) is 13.9. The first kappa shape index (κ1) is 21.9. The van der Waals surface area contributed by atoms with Gasteiger partial charge in [-0.2, -0.15) is 4.98 Å². The number of fused-ring (bicyclic) bond motifs is 1. The predicted octanol–water partition coefficient (Wildman–Crippen LogP) is 4.78. The first-order valence-corrected chi connectivity index (χ1v) is 9.82. The molecule has 1 saturated carbocycles. The molecular formula is C21H28F2N6O. The van der Waals surface area contributed by atoms with E-state index in [-0.39, 0.29) is 31.3 Å². The maximum Gasteiger partial charge on any atom is 0.224 e. The normalized spacial score (nSPS) is 19.0. The van der Waals surface area contributed by atoms with Crippen LogP contribution >= 0.6 is 0 Å². The zero-order valence-corrected chi connectivity index (χ0v) is 16.4. The molecule has 2 heterocycles. The van der Waals surface area contributed by atoms with Crippen LogP contribution in [0.4, 0.5) is 26.4 Å². The number of hydrogen-bond acceptors (Lipinski definition) is 6. The van der Waals surface area contributed by atoms with Crippen molar-refractivity contribution in [1.29, 1.82) is 0 Å². The van der Waals surface area contributed by atoms with Crippen molar-refractivity contribution >= 4 is 28.7 Å². The van der Waals surface area contributed by atoms with E-state index in [1.165, 1.54) is 12.1 Å². The van der Waals surface area contributed by atoms with Crippen molar-refractivity contribution in [2.24, 2.45) is 0 Å². The van der Waals surface area contributed by atoms with Crippen molar-refractivity contribution < 1.29 is 13.9 Å². The highest BCUT2D eigenvalue weighted by Crippen LogP contribution is 2.35. The third-order valence-corrected chi connectivity index (χ3v) is 5.06. The Morgan fingerprint density at radius 3 is 2.53 bits per heavy atom. The fourth-order valence-electron chi connectivity index (χ4n) is 3.68. The molecule has 0 spiro atoms. The topological polar surface area (TPSA) is 87.9 Å². The minimum absolute atomic E-state index is 0. The second kappa shape index (κ2) is 8.91. The van der Waals surface area contributed by atoms with E-state index in [4.69, 9.17) is 0 Å². The lowest BCUT2D eigenvalue weighted by Gasteiger charge is -2.28. The molecule has 3 N–H and O–H groups in total. The van der Waals surface area contributed by atoms with E-state index in [0.29, 0.717) is 35.9 Å². The molecule has 0 unspecified atom stereocenters. The van der Waals surface area contributed by atoms with Crippen LogP contribution in [0.3, 0.4) is 0 Å². The molecule has 3 aromatic rings. The summed E-state index contributed by atoms with van der Waals surface area (Å²) < 4.78 is 29.4. The van der Waals surface area contributed by atoms with Gasteiger partial charge < -0.3 is 15.7 Å². The summed E-state index contributed by atoms with van der Waals surface area (Å²) in [7, 11) is 0. The lowest BCUT2D eigenvalue weighted by atomic mass is 9.93. The largest absolute Gasteiger partial charge is 0.393 e. The first-order valence-electron chi connectivity index (χ1n) is 9.82. The summed E-state index contributed by atoms with van der Waals surface area (Å²) in [5.74, 6) is -0.430. The SMILES string of the molecule is C.CC(C)Nc1ncc2nc(Nc3ccc(F)cc3F)n(C3CCC(O)CC3)c2n1. The molecule has 0 atom stereocenters. The number of aliphatic hydroxyl groups excluding tert-OH is 1. The van der Waals surface area contributed by atoms with Crippen LogP contribution in [0.5, 0.6) is 0 Å². The van der Waals surface area contributed by atoms with E-state index in [1.54, 1.807) is 6.20 Å². The Labute approximate surface area is 174 Å². The van der Waals surface area contributed by atoms with Crippen molar-refractivity contribution in [3.8, 4) is 0 Å². The predicted molar refractivity (Wildman–Crippen MR) is 114 cm³/mol. The molecule has 0 amide bonds. The number of nitrogens with zero attached hydrogens (tertiary/aromatic N) is 4. The molecule has 30 heavy (non-hydrogen) atoms. The van der Waals surface area contributed by atoms with Gasteiger partial charge in [0.05, 0.1) is 18.0 Å². The Hall–Kier alpha value is -2.81. The minimum Gasteiger partial charge on any atom is -0.393 e. The van der Waals surface area contributed by atoms with Gasteiger partial charge in [-0.3, -0.25) is 4.57 Å². The molecule has 1 aliphatic rings. The molecule has 1 fully saturated rings. The summed E-state index contributed by atoms with van der Waals surface area (Å²) in [6, 6.07) is 3.59. The van der Waals surface area contributed by atoms with Gasteiger partial charge in [0.25, 0.3) is 0 Å². The molecule has 9 heteroatoms. The summed E-state index contributed by atoms with van der Waals surface area (Å²) in [6.07, 6.45) is 4.19. The van der Waals surface area contributed by atoms with E-state index in [2.05, 4.69) is 25.6 Å². The average molecular weight is 418 g/mol. The molecule has 2 aromatic heterocycles. The molecule has 4 rings (SSSR count). The van der Waals surface area contributed by atoms with Gasteiger partial charge in [0.15, 0.2) is 5.65 Å². The second-order valence-electron chi connectivity index (χ2n) is 7.72. The van der Waals surface area contributed by atoms with E-state index in [0.717, 1.165) is 18.9 Å². The molecule has 0 saturated heterocycles. The Morgan fingerprint density at radius 1 is 1.13 bits per heavy atom. The highest BCUT2D eigenvalue weighted by atomic mass is 19.1. The number of rotatable bonds is 5. The fourth-order valence-corrected chi connectivity index (χ4v) is 3.68. The van der Waals surface area contributed by atoms with E-state index in [9.17, 15) is 13.9 Å². The minimum atomic E-state index is -0.698. The molecule has 7 nitrogen and oxygen atoms in total. The number of hydrogen-bond donors (Lipinski definition) is 3. The number of halogens is 2. The number of aromatic nitrogens is 4. The van der Waals surface area contributed by atoms with Gasteiger partial charge in [0.1, 0.15) is 17.2 Å². The van der Waals surface area contributed by atoms with Gasteiger partial charge in [-0.1, -0.05) is 7.43 Å². The van der Waals surface area contributed by atoms with Gasteiger partial charge in [-0.25, -0.2) is 18.7 Å². The van der Waals surface area contributed by atoms with Crippen molar-refractivity contribution in [3.63, 3.8) is 0 Å². The van der Waals surface area contributed by atoms with Crippen LogP contribution in [0.15, 0.2) is 24.4 Å². The number of aliphatic hydroxyl groups is 1. The third-order valence-electron chi connectivity index (χ3n) is 5.06. The van der Waals surface area contributed by atoms with Crippen LogP contribution in [0.25, 0.3) is 11.2 Å². The van der Waals surface area contributed by atoms with Crippen LogP contribution in [0, 0.1) is 11.6 Å². The number of anilines is 3. The standard InChI is InChI=1S/C20H24F2N6O.CH4/c1-11(2)24-19-23-10-17-18(27-19)28(13-4-6-14(29)7-5-13)20(26-17)25-16-8-3-12(21)9-15(16)22;/h3,8-11,13-14,29H,4-7H2,1-2H3,(H,25,26)(H,23,24,27);1H4. The lowest BCUT2D eigenvalue weighted by molar-refractivity contribution is 0.112. The molecule has 0 bridgehead atoms. The molecule has 0 radical (unpaired) electrons. The summed E-state index contributed by atoms with van der Waals surface area (Å²) in [6.45, 7) is 4.00. The summed E-state index contributed by atoms with van der Waals surface area (Å²) in [4.78, 5) is 13.5. The van der Waals surface area contributed by atoms with Gasteiger partial charge in [-0.15, -0.1) is 0 Å². The monoisotopic (exact) mass is 418 g/mol. The highest BCUT2D eigenvalue weighted by molar-refractivity contribution is 5.76. The van der Waals surface area contributed by atoms with Crippen molar-refractivity contribution in [1.82, 2.24) is 19.5 Å². The highest BCUT2D eigenvalue weighted by Gasteiger charge is 2.26. The number of nitrogens with one attached hydrogen (secondary N) is 2. The van der Waals surface area contributed by atoms with E-state index < -0.39 is 11.6 Å². The smallest absolute Gasteiger partial charge is 0.224 e. The van der Waals surface area contributed by atoms with E-state index in [1.807, 2.05) is 18.4 Å². The van der Waals surface area contributed by atoms with Crippen LogP contribution in [-0.2, 0) is 0 Å². The zero-order valence-electron chi connectivity index (χ0n) is 16.4. The Morgan fingerprint density at radius 2 is 1.87 bits per heavy atom. The van der Waals surface area contributed by atoms with Crippen molar-refractivity contribution in [3.05, 3.63) is 36.0 Å². The van der Waals surface area contributed by atoms with Crippen LogP contribution in [0.1, 0.15) is 53.0 Å². The zero-order chi connectivity index (χ0) is 20.5. The summed E-state index contributed by atoms with van der Waals surface area (Å²) in [5, 5.41) is 16.1. The van der Waals surface area contributed by atoms with Crippen molar-refractivity contribution in [2.45, 2.75) is 65.1 Å². The molecule has 0 aliphatic heterocycles. The van der Waals surface area contributed by atoms with Gasteiger partial charge in [0.2, 0.25) is 11.9 Å². The maximum atomic E-state index is 14.2. The lowest BCUT2D eigenvalue weighted by Crippen LogP contribution is -2.22. The van der Waals surface area contributed by atoms with E-state index >= 15 is 0 Å². The van der Waals surface area contributed by atoms with Crippen LogP contribution in [-0.4, -0.2) is 36.8 Å². The molecular weight excluding hydrogens is 390 g/mol. The van der Waals surface area contributed by atoms with Gasteiger partial charge in [-0.05, 0) is 51.7 Å². The summed E-state index contributed by atoms with van der Waals surface area (Å²) >= 11 is 0. The van der Waals surface area contributed by atoms with Crippen LogP contribution in [0.2, 0.25) is 0 Å². The molecule has 1 aliphatic carbocycles. The maximum absolute atomic E-state index is 14.2. The third kappa shape index (κ3) is 4.51. The average Bonchev–Trinajstić information content (AvgIpc) is 3.01. The fraction of sp³-hybridized carbons (Fsp3) is 0.476. The Bertz CT molecular complexity index is 1010. The molecule has 162 valence electrons. The quantitative estimate of drug-likeness (QED) is 0.553. The number of benzene rings is 1. The summed E-state index contributed by atoms with van der Waals surface area (Å²) in [5.41, 5.74) is 1.34. The van der Waals surface area contributed by atoms with Gasteiger partial charge in [0, 0.05) is 18.2 Å². The molecule has 1 aromatic carbocycles. The Kier molecular flexibility index (Phi) is 6.50. The van der Waals surface area contributed by atoms with Crippen LogP contribution < -0.4 is 10.6 Å². The van der Waals surface area contributed by atoms with Gasteiger partial charge >= 0.3 is 0 Å². The number of imidazole rings is 1. The Balaban J connectivity index is 0.00000256. The second-order valence-corrected chi connectivity index (χ2v) is 7.72.